The van der Waals surface area contributed by atoms with Crippen molar-refractivity contribution in [3.8, 4) is 11.5 Å². The minimum Gasteiger partial charge on any atom is -0.455 e. The molecule has 0 bridgehead atoms. The number of carbonyl (C=O) groups excluding carboxylic acids is 1. The van der Waals surface area contributed by atoms with E-state index in [4.69, 9.17) is 4.74 Å². The van der Waals surface area contributed by atoms with Crippen molar-refractivity contribution in [2.75, 3.05) is 5.32 Å². The highest BCUT2D eigenvalue weighted by molar-refractivity contribution is 7.10. The number of aliphatic hydroxyl groups is 1. The van der Waals surface area contributed by atoms with Gasteiger partial charge in [0.05, 0.1) is 12.3 Å². The zero-order valence-electron chi connectivity index (χ0n) is 15.8. The number of amides is 2. The van der Waals surface area contributed by atoms with Gasteiger partial charge < -0.3 is 20.5 Å². The first kappa shape index (κ1) is 19.9. The Bertz CT molecular complexity index is 901. The zero-order chi connectivity index (χ0) is 19.9. The van der Waals surface area contributed by atoms with Crippen molar-refractivity contribution in [2.24, 2.45) is 0 Å². The van der Waals surface area contributed by atoms with Crippen LogP contribution in [-0.4, -0.2) is 22.2 Å². The van der Waals surface area contributed by atoms with Crippen LogP contribution in [-0.2, 0) is 0 Å². The van der Waals surface area contributed by atoms with Gasteiger partial charge in [0.1, 0.15) is 11.5 Å². The molecule has 0 aliphatic rings. The first-order valence-electron chi connectivity index (χ1n) is 8.99. The van der Waals surface area contributed by atoms with Crippen molar-refractivity contribution in [2.45, 2.75) is 32.4 Å². The number of aliphatic hydroxyl groups excluding tert-OH is 1. The minimum atomic E-state index is -0.582. The first-order chi connectivity index (χ1) is 13.5. The third kappa shape index (κ3) is 5.55. The van der Waals surface area contributed by atoms with Crippen LogP contribution in [0.25, 0.3) is 0 Å². The van der Waals surface area contributed by atoms with Crippen molar-refractivity contribution in [3.63, 3.8) is 0 Å². The number of hydrogen-bond acceptors (Lipinski definition) is 5. The predicted octanol–water partition coefficient (Wildman–Crippen LogP) is 4.88. The Morgan fingerprint density at radius 3 is 2.82 bits per heavy atom. The van der Waals surface area contributed by atoms with Crippen LogP contribution in [0.4, 0.5) is 10.5 Å². The standard InChI is InChI=1S/C21H23N3O3S/c1-14-11-16(7-8-19(14)27-17-5-3-9-22-13-17)24-21(26)23-15(2)12-18(25)20-6-4-10-28-20/h3-11,13,15,18,25H,12H2,1-2H3,(H2,23,24,26)/t15-,18+/m0/s1. The first-order valence-corrected chi connectivity index (χ1v) is 9.87. The molecule has 3 rings (SSSR count). The number of rotatable bonds is 7. The molecule has 2 amide bonds. The van der Waals surface area contributed by atoms with Gasteiger partial charge in [-0.05, 0) is 67.6 Å². The SMILES string of the molecule is Cc1cc(NC(=O)N[C@@H](C)C[C@@H](O)c2cccs2)ccc1Oc1cccnc1. The van der Waals surface area contributed by atoms with Crippen molar-refractivity contribution in [1.82, 2.24) is 10.3 Å². The predicted molar refractivity (Wildman–Crippen MR) is 111 cm³/mol. The number of benzene rings is 1. The van der Waals surface area contributed by atoms with Gasteiger partial charge >= 0.3 is 6.03 Å². The van der Waals surface area contributed by atoms with E-state index in [1.54, 1.807) is 18.5 Å². The number of hydrogen-bond donors (Lipinski definition) is 3. The molecule has 0 aliphatic heterocycles. The summed E-state index contributed by atoms with van der Waals surface area (Å²) < 4.78 is 5.80. The van der Waals surface area contributed by atoms with E-state index >= 15 is 0 Å². The Hall–Kier alpha value is -2.90. The quantitative estimate of drug-likeness (QED) is 0.531. The Kier molecular flexibility index (Phi) is 6.62. The summed E-state index contributed by atoms with van der Waals surface area (Å²) in [5.74, 6) is 1.36. The summed E-state index contributed by atoms with van der Waals surface area (Å²) in [5.41, 5.74) is 1.56. The molecular formula is C21H23N3O3S. The van der Waals surface area contributed by atoms with Crippen molar-refractivity contribution in [3.05, 3.63) is 70.7 Å². The lowest BCUT2D eigenvalue weighted by Crippen LogP contribution is -2.36. The van der Waals surface area contributed by atoms with Gasteiger partial charge in [-0.25, -0.2) is 4.79 Å². The van der Waals surface area contributed by atoms with Gasteiger partial charge in [-0.3, -0.25) is 4.98 Å². The van der Waals surface area contributed by atoms with E-state index in [0.717, 1.165) is 10.4 Å². The molecule has 0 radical (unpaired) electrons. The Labute approximate surface area is 168 Å². The molecule has 0 unspecified atom stereocenters. The van der Waals surface area contributed by atoms with Crippen molar-refractivity contribution < 1.29 is 14.6 Å². The molecule has 7 heteroatoms. The number of nitrogens with zero attached hydrogens (tertiary/aromatic N) is 1. The maximum atomic E-state index is 12.2. The van der Waals surface area contributed by atoms with E-state index < -0.39 is 6.10 Å². The van der Waals surface area contributed by atoms with Crippen LogP contribution in [0.2, 0.25) is 0 Å². The topological polar surface area (TPSA) is 83.5 Å². The molecule has 0 spiro atoms. The molecule has 3 aromatic rings. The van der Waals surface area contributed by atoms with Gasteiger partial charge in [0.2, 0.25) is 0 Å². The van der Waals surface area contributed by atoms with Gasteiger partial charge in [0.25, 0.3) is 0 Å². The van der Waals surface area contributed by atoms with E-state index in [1.807, 2.05) is 55.6 Å². The maximum absolute atomic E-state index is 12.2. The van der Waals surface area contributed by atoms with Crippen LogP contribution in [0.3, 0.4) is 0 Å². The average molecular weight is 398 g/mol. The summed E-state index contributed by atoms with van der Waals surface area (Å²) >= 11 is 1.50. The highest BCUT2D eigenvalue weighted by Gasteiger charge is 2.15. The summed E-state index contributed by atoms with van der Waals surface area (Å²) in [7, 11) is 0. The van der Waals surface area contributed by atoms with Crippen LogP contribution in [0.15, 0.2) is 60.2 Å². The van der Waals surface area contributed by atoms with E-state index in [1.165, 1.54) is 11.3 Å². The molecule has 2 heterocycles. The van der Waals surface area contributed by atoms with Gasteiger partial charge in [0, 0.05) is 22.8 Å². The van der Waals surface area contributed by atoms with Crippen LogP contribution >= 0.6 is 11.3 Å². The number of urea groups is 1. The molecule has 3 N–H and O–H groups in total. The molecule has 0 saturated carbocycles. The van der Waals surface area contributed by atoms with Gasteiger partial charge in [0.15, 0.2) is 0 Å². The Morgan fingerprint density at radius 1 is 1.29 bits per heavy atom. The average Bonchev–Trinajstić information content (AvgIpc) is 3.19. The van der Waals surface area contributed by atoms with Crippen LogP contribution in [0.1, 0.15) is 29.9 Å². The zero-order valence-corrected chi connectivity index (χ0v) is 16.6. The summed E-state index contributed by atoms with van der Waals surface area (Å²) in [6.07, 6.45) is 3.20. The van der Waals surface area contributed by atoms with E-state index in [2.05, 4.69) is 15.6 Å². The number of anilines is 1. The number of nitrogens with one attached hydrogen (secondary N) is 2. The molecule has 0 fully saturated rings. The third-order valence-electron chi connectivity index (χ3n) is 4.12. The summed E-state index contributed by atoms with van der Waals surface area (Å²) in [6.45, 7) is 3.78. The number of thiophene rings is 1. The molecule has 2 aromatic heterocycles. The normalized spacial score (nSPS) is 12.8. The monoisotopic (exact) mass is 397 g/mol. The highest BCUT2D eigenvalue weighted by Crippen LogP contribution is 2.27. The van der Waals surface area contributed by atoms with Crippen molar-refractivity contribution >= 4 is 23.1 Å². The summed E-state index contributed by atoms with van der Waals surface area (Å²) in [6, 6.07) is 12.4. The minimum absolute atomic E-state index is 0.175. The van der Waals surface area contributed by atoms with Crippen LogP contribution in [0, 0.1) is 6.92 Å². The number of pyridine rings is 1. The second-order valence-electron chi connectivity index (χ2n) is 6.54. The molecule has 28 heavy (non-hydrogen) atoms. The lowest BCUT2D eigenvalue weighted by molar-refractivity contribution is 0.158. The second-order valence-corrected chi connectivity index (χ2v) is 7.52. The Balaban J connectivity index is 1.53. The van der Waals surface area contributed by atoms with Crippen molar-refractivity contribution in [1.29, 1.82) is 0 Å². The van der Waals surface area contributed by atoms with E-state index in [-0.39, 0.29) is 12.1 Å². The van der Waals surface area contributed by atoms with E-state index in [0.29, 0.717) is 23.6 Å². The molecule has 2 atom stereocenters. The maximum Gasteiger partial charge on any atom is 0.319 e. The largest absolute Gasteiger partial charge is 0.455 e. The molecule has 0 saturated heterocycles. The van der Waals surface area contributed by atoms with Gasteiger partial charge in [-0.2, -0.15) is 0 Å². The number of aryl methyl sites for hydroxylation is 1. The number of ether oxygens (including phenoxy) is 1. The lowest BCUT2D eigenvalue weighted by atomic mass is 10.1. The molecule has 6 nitrogen and oxygen atoms in total. The molecule has 1 aromatic carbocycles. The third-order valence-corrected chi connectivity index (χ3v) is 5.09. The Morgan fingerprint density at radius 2 is 2.14 bits per heavy atom. The summed E-state index contributed by atoms with van der Waals surface area (Å²) in [4.78, 5) is 17.2. The molecule has 146 valence electrons. The fourth-order valence-electron chi connectivity index (χ4n) is 2.76. The smallest absolute Gasteiger partial charge is 0.319 e. The highest BCUT2D eigenvalue weighted by atomic mass is 32.1. The van der Waals surface area contributed by atoms with Gasteiger partial charge in [-0.1, -0.05) is 6.07 Å². The second kappa shape index (κ2) is 9.34. The fourth-order valence-corrected chi connectivity index (χ4v) is 3.48. The fraction of sp³-hybridized carbons (Fsp3) is 0.238. The van der Waals surface area contributed by atoms with Gasteiger partial charge in [-0.15, -0.1) is 11.3 Å². The molecule has 0 aliphatic carbocycles. The number of carbonyl (C=O) groups is 1. The van der Waals surface area contributed by atoms with E-state index in [9.17, 15) is 9.90 Å². The lowest BCUT2D eigenvalue weighted by Gasteiger charge is -2.18. The summed E-state index contributed by atoms with van der Waals surface area (Å²) in [5, 5.41) is 17.8. The molecular weight excluding hydrogens is 374 g/mol. The number of aromatic nitrogens is 1. The van der Waals surface area contributed by atoms with Crippen LogP contribution < -0.4 is 15.4 Å². The van der Waals surface area contributed by atoms with Crippen LogP contribution in [0.5, 0.6) is 11.5 Å².